The Morgan fingerprint density at radius 1 is 1.25 bits per heavy atom. The van der Waals surface area contributed by atoms with Crippen molar-refractivity contribution in [2.75, 3.05) is 0 Å². The Kier molecular flexibility index (Phi) is 7.13. The molecule has 10 nitrogen and oxygen atoms in total. The molecular formula is C24H16BrClN4O6. The Morgan fingerprint density at radius 3 is 2.64 bits per heavy atom. The van der Waals surface area contributed by atoms with Crippen LogP contribution >= 0.6 is 27.5 Å². The zero-order valence-corrected chi connectivity index (χ0v) is 20.9. The van der Waals surface area contributed by atoms with Crippen molar-refractivity contribution in [3.8, 4) is 5.75 Å². The summed E-state index contributed by atoms with van der Waals surface area (Å²) in [4.78, 5) is 39.5. The molecule has 4 rings (SSSR count). The molecule has 0 aliphatic rings. The van der Waals surface area contributed by atoms with Crippen molar-refractivity contribution in [2.24, 2.45) is 5.10 Å². The molecule has 1 heterocycles. The summed E-state index contributed by atoms with van der Waals surface area (Å²) in [6, 6.07) is 13.6. The lowest BCUT2D eigenvalue weighted by atomic mass is 10.1. The lowest BCUT2D eigenvalue weighted by molar-refractivity contribution is -0.385. The quantitative estimate of drug-likeness (QED) is 0.183. The number of ether oxygens (including phenoxy) is 1. The molecule has 0 saturated heterocycles. The number of nitrogens with zero attached hydrogens (tertiary/aromatic N) is 4. The molecule has 0 saturated carbocycles. The third-order valence-electron chi connectivity index (χ3n) is 5.13. The van der Waals surface area contributed by atoms with E-state index >= 15 is 0 Å². The van der Waals surface area contributed by atoms with E-state index in [2.05, 4.69) is 26.0 Å². The van der Waals surface area contributed by atoms with E-state index in [-0.39, 0.29) is 28.5 Å². The van der Waals surface area contributed by atoms with Crippen LogP contribution in [0.5, 0.6) is 5.75 Å². The average molecular weight is 572 g/mol. The molecule has 0 spiro atoms. The van der Waals surface area contributed by atoms with Crippen LogP contribution in [0.1, 0.15) is 27.3 Å². The molecule has 0 bridgehead atoms. The van der Waals surface area contributed by atoms with Crippen LogP contribution in [0.4, 0.5) is 5.69 Å². The van der Waals surface area contributed by atoms with Crippen molar-refractivity contribution in [3.05, 3.63) is 107 Å². The molecular weight excluding hydrogens is 556 g/mol. The molecule has 0 aliphatic heterocycles. The third-order valence-corrected chi connectivity index (χ3v) is 5.84. The van der Waals surface area contributed by atoms with Crippen molar-refractivity contribution >= 4 is 56.3 Å². The molecule has 0 amide bonds. The highest BCUT2D eigenvalue weighted by atomic mass is 79.9. The highest BCUT2D eigenvalue weighted by Gasteiger charge is 2.21. The summed E-state index contributed by atoms with van der Waals surface area (Å²) >= 11 is 9.44. The van der Waals surface area contributed by atoms with Gasteiger partial charge in [0.2, 0.25) is 5.75 Å². The van der Waals surface area contributed by atoms with Crippen molar-refractivity contribution in [2.45, 2.75) is 13.5 Å². The lowest BCUT2D eigenvalue weighted by Crippen LogP contribution is -2.20. The number of halogens is 2. The molecule has 3 aromatic carbocycles. The maximum Gasteiger partial charge on any atom is 0.335 e. The molecule has 0 radical (unpaired) electrons. The monoisotopic (exact) mass is 570 g/mol. The van der Waals surface area contributed by atoms with Gasteiger partial charge in [-0.1, -0.05) is 39.7 Å². The number of carboxylic acids is 1. The number of hydrogen-bond acceptors (Lipinski definition) is 7. The summed E-state index contributed by atoms with van der Waals surface area (Å²) in [5, 5.41) is 25.4. The normalized spacial score (nSPS) is 11.2. The largest absolute Gasteiger partial charge is 0.481 e. The summed E-state index contributed by atoms with van der Waals surface area (Å²) in [5.74, 6) is -0.878. The molecule has 182 valence electrons. The van der Waals surface area contributed by atoms with Crippen LogP contribution in [0.25, 0.3) is 10.9 Å². The smallest absolute Gasteiger partial charge is 0.335 e. The zero-order chi connectivity index (χ0) is 26.0. The zero-order valence-electron chi connectivity index (χ0n) is 18.5. The lowest BCUT2D eigenvalue weighted by Gasteiger charge is -2.11. The minimum atomic E-state index is -1.07. The van der Waals surface area contributed by atoms with Crippen LogP contribution in [0.2, 0.25) is 5.02 Å². The van der Waals surface area contributed by atoms with Crippen LogP contribution < -0.4 is 10.3 Å². The van der Waals surface area contributed by atoms with E-state index < -0.39 is 22.1 Å². The van der Waals surface area contributed by atoms with Crippen molar-refractivity contribution < 1.29 is 19.6 Å². The number of aromatic carboxylic acids is 1. The minimum Gasteiger partial charge on any atom is -0.481 e. The predicted molar refractivity (Wildman–Crippen MR) is 137 cm³/mol. The van der Waals surface area contributed by atoms with Gasteiger partial charge in [0.05, 0.1) is 27.6 Å². The van der Waals surface area contributed by atoms with E-state index in [1.165, 1.54) is 24.4 Å². The third kappa shape index (κ3) is 5.26. The van der Waals surface area contributed by atoms with Gasteiger partial charge in [-0.15, -0.1) is 0 Å². The fourth-order valence-electron chi connectivity index (χ4n) is 3.40. The minimum absolute atomic E-state index is 0.0750. The second-order valence-corrected chi connectivity index (χ2v) is 8.93. The SMILES string of the molecule is Cc1nc2ccc(Br)cc2c(=O)n1N=Cc1cc(Cl)cc([N+](=O)[O-])c1OCc1ccc(C(=O)O)cc1. The molecule has 0 unspecified atom stereocenters. The number of nitro groups is 1. The van der Waals surface area contributed by atoms with Crippen LogP contribution in [0, 0.1) is 17.0 Å². The van der Waals surface area contributed by atoms with Crippen molar-refractivity contribution in [1.29, 1.82) is 0 Å². The summed E-state index contributed by atoms with van der Waals surface area (Å²) in [6.45, 7) is 1.52. The standard InChI is InChI=1S/C24H16BrClN4O6/c1-13-28-20-7-6-17(25)9-19(20)23(31)29(13)27-11-16-8-18(26)10-21(30(34)35)22(16)36-12-14-2-4-15(5-3-14)24(32)33/h2-11H,12H2,1H3,(H,32,33). The first kappa shape index (κ1) is 25.0. The van der Waals surface area contributed by atoms with Crippen LogP contribution in [-0.4, -0.2) is 31.9 Å². The van der Waals surface area contributed by atoms with E-state index in [9.17, 15) is 19.7 Å². The Labute approximate surface area is 216 Å². The highest BCUT2D eigenvalue weighted by Crippen LogP contribution is 2.34. The van der Waals surface area contributed by atoms with Gasteiger partial charge in [0.25, 0.3) is 5.56 Å². The summed E-state index contributed by atoms with van der Waals surface area (Å²) in [6.07, 6.45) is 1.24. The van der Waals surface area contributed by atoms with Gasteiger partial charge in [-0.25, -0.2) is 9.78 Å². The Morgan fingerprint density at radius 2 is 1.97 bits per heavy atom. The number of carboxylic acid groups (broad SMARTS) is 1. The van der Waals surface area contributed by atoms with Gasteiger partial charge in [-0.2, -0.15) is 9.78 Å². The summed E-state index contributed by atoms with van der Waals surface area (Å²) < 4.78 is 7.54. The van der Waals surface area contributed by atoms with E-state index in [0.717, 1.165) is 10.7 Å². The molecule has 0 fully saturated rings. The van der Waals surface area contributed by atoms with Crippen LogP contribution in [0.3, 0.4) is 0 Å². The van der Waals surface area contributed by atoms with Crippen molar-refractivity contribution in [1.82, 2.24) is 9.66 Å². The van der Waals surface area contributed by atoms with Gasteiger partial charge in [0.15, 0.2) is 0 Å². The topological polar surface area (TPSA) is 137 Å². The number of rotatable bonds is 7. The summed E-state index contributed by atoms with van der Waals surface area (Å²) in [7, 11) is 0. The molecule has 4 aromatic rings. The first-order valence-corrected chi connectivity index (χ1v) is 11.5. The highest BCUT2D eigenvalue weighted by molar-refractivity contribution is 9.10. The molecule has 36 heavy (non-hydrogen) atoms. The first-order chi connectivity index (χ1) is 17.1. The number of nitro benzene ring substituents is 1. The number of aryl methyl sites for hydroxylation is 1. The second kappa shape index (κ2) is 10.3. The predicted octanol–water partition coefficient (Wildman–Crippen LogP) is 5.19. The van der Waals surface area contributed by atoms with Gasteiger partial charge in [0.1, 0.15) is 12.4 Å². The van der Waals surface area contributed by atoms with E-state index in [1.54, 1.807) is 37.3 Å². The van der Waals surface area contributed by atoms with E-state index in [1.807, 2.05) is 0 Å². The maximum absolute atomic E-state index is 13.0. The Hall–Kier alpha value is -4.09. The Balaban J connectivity index is 1.74. The number of hydrogen-bond donors (Lipinski definition) is 1. The molecule has 1 N–H and O–H groups in total. The molecule has 0 aliphatic carbocycles. The number of benzene rings is 3. The van der Waals surface area contributed by atoms with Crippen LogP contribution in [0.15, 0.2) is 69.0 Å². The number of fused-ring (bicyclic) bond motifs is 1. The number of aromatic nitrogens is 2. The van der Waals surface area contributed by atoms with E-state index in [4.69, 9.17) is 21.4 Å². The fraction of sp³-hybridized carbons (Fsp3) is 0.0833. The average Bonchev–Trinajstić information content (AvgIpc) is 2.83. The maximum atomic E-state index is 13.0. The van der Waals surface area contributed by atoms with Crippen LogP contribution in [-0.2, 0) is 6.61 Å². The van der Waals surface area contributed by atoms with Crippen molar-refractivity contribution in [3.63, 3.8) is 0 Å². The number of carbonyl (C=O) groups is 1. The molecule has 0 atom stereocenters. The molecule has 1 aromatic heterocycles. The molecule has 12 heteroatoms. The van der Waals surface area contributed by atoms with E-state index in [0.29, 0.717) is 26.8 Å². The van der Waals surface area contributed by atoms with Gasteiger partial charge >= 0.3 is 11.7 Å². The van der Waals surface area contributed by atoms with Gasteiger partial charge in [-0.05, 0) is 48.9 Å². The van der Waals surface area contributed by atoms with Gasteiger partial charge < -0.3 is 9.84 Å². The first-order valence-electron chi connectivity index (χ1n) is 10.3. The fourth-order valence-corrected chi connectivity index (χ4v) is 3.99. The van der Waals surface area contributed by atoms with Gasteiger partial charge in [0, 0.05) is 21.1 Å². The van der Waals surface area contributed by atoms with Gasteiger partial charge in [-0.3, -0.25) is 14.9 Å². The summed E-state index contributed by atoms with van der Waals surface area (Å²) in [5.41, 5.74) is 0.535. The Bertz CT molecular complexity index is 1600. The second-order valence-electron chi connectivity index (χ2n) is 7.57.